The number of nitrogens with zero attached hydrogens (tertiary/aromatic N) is 2. The van der Waals surface area contributed by atoms with E-state index >= 15 is 0 Å². The Morgan fingerprint density at radius 1 is 1.73 bits per heavy atom. The van der Waals surface area contributed by atoms with E-state index in [1.54, 1.807) is 17.8 Å². The second kappa shape index (κ2) is 4.02. The van der Waals surface area contributed by atoms with Crippen molar-refractivity contribution in [1.82, 2.24) is 15.1 Å². The number of aromatic nitrogens is 2. The monoisotopic (exact) mass is 209 g/mol. The van der Waals surface area contributed by atoms with Crippen LogP contribution in [-0.4, -0.2) is 29.4 Å². The third-order valence-corrected chi connectivity index (χ3v) is 2.71. The molecule has 15 heavy (non-hydrogen) atoms. The Hall–Kier alpha value is -1.36. The lowest BCUT2D eigenvalue weighted by molar-refractivity contribution is 0.0588. The predicted molar refractivity (Wildman–Crippen MR) is 54.5 cm³/mol. The second-order valence-electron chi connectivity index (χ2n) is 3.72. The number of rotatable bonds is 2. The van der Waals surface area contributed by atoms with Crippen molar-refractivity contribution in [1.29, 1.82) is 0 Å². The molecule has 0 radical (unpaired) electrons. The van der Waals surface area contributed by atoms with E-state index in [9.17, 15) is 4.79 Å². The maximum Gasteiger partial charge on any atom is 0.356 e. The fourth-order valence-electron chi connectivity index (χ4n) is 1.89. The number of esters is 1. The number of ether oxygens (including phenoxy) is 1. The quantitative estimate of drug-likeness (QED) is 0.726. The van der Waals surface area contributed by atoms with Crippen molar-refractivity contribution in [2.24, 2.45) is 7.05 Å². The predicted octanol–water partition coefficient (Wildman–Crippen LogP) is 0.631. The van der Waals surface area contributed by atoms with Gasteiger partial charge in [0.05, 0.1) is 18.8 Å². The number of carbonyl (C=O) groups excluding carboxylic acids is 1. The molecule has 5 heteroatoms. The molecule has 0 aromatic carbocycles. The summed E-state index contributed by atoms with van der Waals surface area (Å²) in [5.74, 6) is -0.339. The van der Waals surface area contributed by atoms with E-state index in [1.165, 1.54) is 7.11 Å². The first-order valence-corrected chi connectivity index (χ1v) is 5.08. The van der Waals surface area contributed by atoms with Gasteiger partial charge in [-0.25, -0.2) is 4.79 Å². The summed E-state index contributed by atoms with van der Waals surface area (Å²) in [4.78, 5) is 11.4. The van der Waals surface area contributed by atoms with Crippen molar-refractivity contribution in [3.8, 4) is 0 Å². The summed E-state index contributed by atoms with van der Waals surface area (Å²) in [6, 6.07) is 2.09. The van der Waals surface area contributed by atoms with Crippen LogP contribution < -0.4 is 5.32 Å². The number of hydrogen-bond donors (Lipinski definition) is 1. The van der Waals surface area contributed by atoms with Gasteiger partial charge in [-0.05, 0) is 25.5 Å². The molecular weight excluding hydrogens is 194 g/mol. The van der Waals surface area contributed by atoms with Crippen LogP contribution >= 0.6 is 0 Å². The molecule has 2 rings (SSSR count). The van der Waals surface area contributed by atoms with Crippen LogP contribution in [-0.2, 0) is 11.8 Å². The van der Waals surface area contributed by atoms with Gasteiger partial charge < -0.3 is 10.1 Å². The summed E-state index contributed by atoms with van der Waals surface area (Å²) in [5, 5.41) is 7.66. The summed E-state index contributed by atoms with van der Waals surface area (Å²) in [6.45, 7) is 1.02. The van der Waals surface area contributed by atoms with Crippen LogP contribution in [0.25, 0.3) is 0 Å². The van der Waals surface area contributed by atoms with E-state index in [4.69, 9.17) is 0 Å². The van der Waals surface area contributed by atoms with Gasteiger partial charge in [0.2, 0.25) is 0 Å². The first-order chi connectivity index (χ1) is 7.22. The highest BCUT2D eigenvalue weighted by molar-refractivity contribution is 5.87. The SMILES string of the molecule is COC(=O)c1cc(C2CCCN2)nn1C. The largest absolute Gasteiger partial charge is 0.464 e. The van der Waals surface area contributed by atoms with Gasteiger partial charge in [-0.2, -0.15) is 5.10 Å². The third kappa shape index (κ3) is 1.87. The zero-order chi connectivity index (χ0) is 10.8. The molecule has 0 bridgehead atoms. The molecule has 0 spiro atoms. The Morgan fingerprint density at radius 3 is 3.13 bits per heavy atom. The second-order valence-corrected chi connectivity index (χ2v) is 3.72. The van der Waals surface area contributed by atoms with Crippen LogP contribution in [0.2, 0.25) is 0 Å². The summed E-state index contributed by atoms with van der Waals surface area (Å²) < 4.78 is 6.24. The van der Waals surface area contributed by atoms with Gasteiger partial charge >= 0.3 is 5.97 Å². The maximum absolute atomic E-state index is 11.4. The Kier molecular flexibility index (Phi) is 2.73. The number of methoxy groups -OCH3 is 1. The standard InChI is InChI=1S/C10H15N3O2/c1-13-9(10(14)15-2)6-8(12-13)7-4-3-5-11-7/h6-7,11H,3-5H2,1-2H3. The smallest absolute Gasteiger partial charge is 0.356 e. The van der Waals surface area contributed by atoms with E-state index < -0.39 is 0 Å². The van der Waals surface area contributed by atoms with E-state index in [1.807, 2.05) is 0 Å². The van der Waals surface area contributed by atoms with Crippen LogP contribution in [0, 0.1) is 0 Å². The number of hydrogen-bond acceptors (Lipinski definition) is 4. The molecule has 1 aliphatic rings. The molecule has 1 aromatic heterocycles. The van der Waals surface area contributed by atoms with Gasteiger partial charge in [0, 0.05) is 7.05 Å². The molecule has 1 N–H and O–H groups in total. The van der Waals surface area contributed by atoms with Crippen LogP contribution in [0.4, 0.5) is 0 Å². The molecule has 0 saturated carbocycles. The van der Waals surface area contributed by atoms with E-state index in [0.29, 0.717) is 5.69 Å². The zero-order valence-electron chi connectivity index (χ0n) is 8.99. The van der Waals surface area contributed by atoms with E-state index in [2.05, 4.69) is 15.2 Å². The van der Waals surface area contributed by atoms with Gasteiger partial charge in [0.1, 0.15) is 5.69 Å². The minimum absolute atomic E-state index is 0.287. The number of carbonyl (C=O) groups is 1. The molecule has 1 atom stereocenters. The average molecular weight is 209 g/mol. The van der Waals surface area contributed by atoms with Crippen molar-refractivity contribution in [2.75, 3.05) is 13.7 Å². The molecule has 1 aliphatic heterocycles. The van der Waals surface area contributed by atoms with E-state index in [0.717, 1.165) is 25.1 Å². The number of nitrogens with one attached hydrogen (secondary N) is 1. The highest BCUT2D eigenvalue weighted by Crippen LogP contribution is 2.22. The molecule has 0 aliphatic carbocycles. The van der Waals surface area contributed by atoms with Crippen molar-refractivity contribution < 1.29 is 9.53 Å². The highest BCUT2D eigenvalue weighted by Gasteiger charge is 2.22. The number of aryl methyl sites for hydroxylation is 1. The summed E-state index contributed by atoms with van der Waals surface area (Å²) in [5.41, 5.74) is 1.43. The maximum atomic E-state index is 11.4. The summed E-state index contributed by atoms with van der Waals surface area (Å²) >= 11 is 0. The topological polar surface area (TPSA) is 56.1 Å². The van der Waals surface area contributed by atoms with Crippen molar-refractivity contribution in [2.45, 2.75) is 18.9 Å². The van der Waals surface area contributed by atoms with Gasteiger partial charge in [-0.15, -0.1) is 0 Å². The van der Waals surface area contributed by atoms with Gasteiger partial charge in [-0.3, -0.25) is 4.68 Å². The molecule has 2 heterocycles. The van der Waals surface area contributed by atoms with Crippen LogP contribution in [0.3, 0.4) is 0 Å². The minimum atomic E-state index is -0.339. The summed E-state index contributed by atoms with van der Waals surface area (Å²) in [6.07, 6.45) is 2.24. The van der Waals surface area contributed by atoms with Crippen LogP contribution in [0.5, 0.6) is 0 Å². The fourth-order valence-corrected chi connectivity index (χ4v) is 1.89. The highest BCUT2D eigenvalue weighted by atomic mass is 16.5. The Labute approximate surface area is 88.4 Å². The van der Waals surface area contributed by atoms with Gasteiger partial charge in [-0.1, -0.05) is 0 Å². The Balaban J connectivity index is 2.23. The molecule has 5 nitrogen and oxygen atoms in total. The van der Waals surface area contributed by atoms with E-state index in [-0.39, 0.29) is 12.0 Å². The van der Waals surface area contributed by atoms with Crippen molar-refractivity contribution >= 4 is 5.97 Å². The molecule has 1 fully saturated rings. The van der Waals surface area contributed by atoms with Crippen LogP contribution in [0.1, 0.15) is 35.1 Å². The molecule has 1 unspecified atom stereocenters. The Morgan fingerprint density at radius 2 is 2.53 bits per heavy atom. The van der Waals surface area contributed by atoms with Gasteiger partial charge in [0.15, 0.2) is 0 Å². The molecular formula is C10H15N3O2. The third-order valence-electron chi connectivity index (χ3n) is 2.71. The summed E-state index contributed by atoms with van der Waals surface area (Å²) in [7, 11) is 3.13. The first-order valence-electron chi connectivity index (χ1n) is 5.08. The van der Waals surface area contributed by atoms with Crippen molar-refractivity contribution in [3.05, 3.63) is 17.5 Å². The lowest BCUT2D eigenvalue weighted by Gasteiger charge is -2.04. The molecule has 0 amide bonds. The van der Waals surface area contributed by atoms with Gasteiger partial charge in [0.25, 0.3) is 0 Å². The Bertz CT molecular complexity index is 367. The normalized spacial score (nSPS) is 20.5. The average Bonchev–Trinajstić information content (AvgIpc) is 2.84. The molecule has 1 aromatic rings. The minimum Gasteiger partial charge on any atom is -0.464 e. The first kappa shape index (κ1) is 10.2. The lowest BCUT2D eigenvalue weighted by Crippen LogP contribution is -2.13. The van der Waals surface area contributed by atoms with Crippen LogP contribution in [0.15, 0.2) is 6.07 Å². The van der Waals surface area contributed by atoms with Crippen molar-refractivity contribution in [3.63, 3.8) is 0 Å². The molecule has 82 valence electrons. The lowest BCUT2D eigenvalue weighted by atomic mass is 10.1. The zero-order valence-corrected chi connectivity index (χ0v) is 8.99. The molecule has 1 saturated heterocycles. The fraction of sp³-hybridized carbons (Fsp3) is 0.600.